The van der Waals surface area contributed by atoms with Crippen LogP contribution in [0.15, 0.2) is 29.3 Å². The molecule has 1 spiro atoms. The Morgan fingerprint density at radius 3 is 2.62 bits per heavy atom. The summed E-state index contributed by atoms with van der Waals surface area (Å²) in [4.78, 5) is 4.88. The van der Waals surface area contributed by atoms with Crippen LogP contribution in [0.4, 0.5) is 0 Å². The molecular formula is C18H27N3. The highest BCUT2D eigenvalue weighted by Crippen LogP contribution is 2.30. The van der Waals surface area contributed by atoms with Crippen LogP contribution in [0.3, 0.4) is 0 Å². The number of aryl methyl sites for hydroxylation is 1. The normalized spacial score (nSPS) is 21.7. The first-order valence-electron chi connectivity index (χ1n) is 8.38. The Bertz CT molecular complexity index is 484. The number of hydrogen-bond acceptors (Lipinski definition) is 3. The van der Waals surface area contributed by atoms with Crippen LogP contribution in [0.5, 0.6) is 0 Å². The smallest absolute Gasteiger partial charge is 0.117 e. The molecule has 1 aliphatic carbocycles. The number of nitrogens with zero attached hydrogens (tertiary/aromatic N) is 1. The van der Waals surface area contributed by atoms with Crippen molar-refractivity contribution in [3.63, 3.8) is 0 Å². The molecule has 3 heteroatoms. The van der Waals surface area contributed by atoms with Crippen molar-refractivity contribution in [3.8, 4) is 0 Å². The van der Waals surface area contributed by atoms with Gasteiger partial charge >= 0.3 is 0 Å². The third-order valence-electron chi connectivity index (χ3n) is 4.81. The molecule has 1 fully saturated rings. The summed E-state index contributed by atoms with van der Waals surface area (Å²) in [5.41, 5.74) is 2.77. The van der Waals surface area contributed by atoms with Gasteiger partial charge < -0.3 is 10.6 Å². The Labute approximate surface area is 128 Å². The lowest BCUT2D eigenvalue weighted by Crippen LogP contribution is -2.57. The largest absolute Gasteiger partial charge is 0.368 e. The van der Waals surface area contributed by atoms with E-state index in [0.717, 1.165) is 26.1 Å². The molecule has 2 aliphatic rings. The van der Waals surface area contributed by atoms with Gasteiger partial charge in [-0.15, -0.1) is 0 Å². The Morgan fingerprint density at radius 2 is 1.86 bits per heavy atom. The highest BCUT2D eigenvalue weighted by molar-refractivity contribution is 5.92. The predicted molar refractivity (Wildman–Crippen MR) is 88.8 cm³/mol. The standard InChI is InChI=1S/C18H27N3/c1-15-6-8-16(9-7-15)14-20-17-18(10-3-2-4-11-18)21-13-5-12-19-17/h6-9,21H,2-5,10-14H2,1H3,(H,19,20). The van der Waals surface area contributed by atoms with E-state index in [4.69, 9.17) is 4.99 Å². The van der Waals surface area contributed by atoms with Crippen molar-refractivity contribution in [1.82, 2.24) is 10.6 Å². The summed E-state index contributed by atoms with van der Waals surface area (Å²) in [7, 11) is 0. The van der Waals surface area contributed by atoms with E-state index in [9.17, 15) is 0 Å². The maximum absolute atomic E-state index is 4.88. The number of nitrogens with one attached hydrogen (secondary N) is 2. The van der Waals surface area contributed by atoms with E-state index in [1.165, 1.54) is 49.1 Å². The topological polar surface area (TPSA) is 36.4 Å². The average Bonchev–Trinajstić information content (AvgIpc) is 2.70. The van der Waals surface area contributed by atoms with E-state index in [0.29, 0.717) is 0 Å². The lowest BCUT2D eigenvalue weighted by molar-refractivity contribution is 0.310. The van der Waals surface area contributed by atoms with E-state index in [-0.39, 0.29) is 5.54 Å². The van der Waals surface area contributed by atoms with E-state index >= 15 is 0 Å². The molecule has 1 heterocycles. The van der Waals surface area contributed by atoms with E-state index in [1.54, 1.807) is 0 Å². The van der Waals surface area contributed by atoms with Gasteiger partial charge in [-0.25, -0.2) is 0 Å². The van der Waals surface area contributed by atoms with Crippen molar-refractivity contribution < 1.29 is 0 Å². The van der Waals surface area contributed by atoms with Gasteiger partial charge in [0.05, 0.1) is 5.54 Å². The molecular weight excluding hydrogens is 258 g/mol. The van der Waals surface area contributed by atoms with Crippen molar-refractivity contribution >= 4 is 5.84 Å². The molecule has 0 aromatic heterocycles. The van der Waals surface area contributed by atoms with Crippen molar-refractivity contribution in [2.75, 3.05) is 13.1 Å². The number of rotatable bonds is 2. The number of amidine groups is 1. The van der Waals surface area contributed by atoms with Crippen molar-refractivity contribution in [1.29, 1.82) is 0 Å². The summed E-state index contributed by atoms with van der Waals surface area (Å²) in [6.45, 7) is 5.06. The molecule has 0 saturated heterocycles. The van der Waals surface area contributed by atoms with Crippen molar-refractivity contribution in [3.05, 3.63) is 35.4 Å². The maximum Gasteiger partial charge on any atom is 0.117 e. The monoisotopic (exact) mass is 285 g/mol. The summed E-state index contributed by atoms with van der Waals surface area (Å²) < 4.78 is 0. The Hall–Kier alpha value is -1.35. The Balaban J connectivity index is 1.71. The molecule has 0 atom stereocenters. The highest BCUT2D eigenvalue weighted by atomic mass is 15.1. The SMILES string of the molecule is Cc1ccc(CNC2=NCCCNC23CCCCC3)cc1. The third kappa shape index (κ3) is 3.46. The molecule has 3 rings (SSSR count). The molecule has 1 saturated carbocycles. The van der Waals surface area contributed by atoms with Gasteiger partial charge in [-0.3, -0.25) is 4.99 Å². The zero-order valence-electron chi connectivity index (χ0n) is 13.1. The van der Waals surface area contributed by atoms with Crippen LogP contribution >= 0.6 is 0 Å². The van der Waals surface area contributed by atoms with Gasteiger partial charge in [-0.05, 0) is 38.3 Å². The highest BCUT2D eigenvalue weighted by Gasteiger charge is 2.37. The Morgan fingerprint density at radius 1 is 1.10 bits per heavy atom. The molecule has 0 radical (unpaired) electrons. The van der Waals surface area contributed by atoms with E-state index < -0.39 is 0 Å². The lowest BCUT2D eigenvalue weighted by Gasteiger charge is -2.38. The first-order chi connectivity index (χ1) is 10.3. The van der Waals surface area contributed by atoms with E-state index in [1.807, 2.05) is 0 Å². The van der Waals surface area contributed by atoms with Gasteiger partial charge in [-0.2, -0.15) is 0 Å². The first-order valence-corrected chi connectivity index (χ1v) is 8.38. The second-order valence-corrected chi connectivity index (χ2v) is 6.49. The average molecular weight is 285 g/mol. The van der Waals surface area contributed by atoms with Crippen LogP contribution in [0.2, 0.25) is 0 Å². The van der Waals surface area contributed by atoms with Gasteiger partial charge in [0.25, 0.3) is 0 Å². The van der Waals surface area contributed by atoms with Gasteiger partial charge in [0.1, 0.15) is 5.84 Å². The lowest BCUT2D eigenvalue weighted by atomic mass is 9.80. The van der Waals surface area contributed by atoms with Crippen LogP contribution in [-0.2, 0) is 6.54 Å². The second-order valence-electron chi connectivity index (χ2n) is 6.49. The van der Waals surface area contributed by atoms with Crippen LogP contribution in [0, 0.1) is 6.92 Å². The fourth-order valence-electron chi connectivity index (χ4n) is 3.52. The number of benzene rings is 1. The molecule has 3 nitrogen and oxygen atoms in total. The van der Waals surface area contributed by atoms with Gasteiger partial charge in [0, 0.05) is 13.1 Å². The fraction of sp³-hybridized carbons (Fsp3) is 0.611. The molecule has 1 aliphatic heterocycles. The maximum atomic E-state index is 4.88. The third-order valence-corrected chi connectivity index (χ3v) is 4.81. The molecule has 0 amide bonds. The summed E-state index contributed by atoms with van der Waals surface area (Å²) >= 11 is 0. The Kier molecular flexibility index (Phi) is 4.59. The van der Waals surface area contributed by atoms with Crippen molar-refractivity contribution in [2.45, 2.75) is 57.5 Å². The van der Waals surface area contributed by atoms with Gasteiger partial charge in [0.2, 0.25) is 0 Å². The van der Waals surface area contributed by atoms with Gasteiger partial charge in [-0.1, -0.05) is 49.1 Å². The van der Waals surface area contributed by atoms with Crippen LogP contribution in [0.1, 0.15) is 49.7 Å². The second kappa shape index (κ2) is 6.61. The molecule has 21 heavy (non-hydrogen) atoms. The van der Waals surface area contributed by atoms with Crippen LogP contribution < -0.4 is 10.6 Å². The summed E-state index contributed by atoms with van der Waals surface area (Å²) in [6, 6.07) is 8.78. The first kappa shape index (κ1) is 14.6. The van der Waals surface area contributed by atoms with E-state index in [2.05, 4.69) is 41.8 Å². The molecule has 114 valence electrons. The minimum absolute atomic E-state index is 0.124. The zero-order chi connectivity index (χ0) is 14.5. The molecule has 0 bridgehead atoms. The molecule has 1 aromatic carbocycles. The summed E-state index contributed by atoms with van der Waals surface area (Å²) in [6.07, 6.45) is 7.61. The molecule has 0 unspecified atom stereocenters. The molecule has 1 aromatic rings. The number of aliphatic imine (C=N–C) groups is 1. The summed E-state index contributed by atoms with van der Waals surface area (Å²) in [5, 5.41) is 7.44. The van der Waals surface area contributed by atoms with Crippen LogP contribution in [-0.4, -0.2) is 24.5 Å². The summed E-state index contributed by atoms with van der Waals surface area (Å²) in [5.74, 6) is 1.21. The van der Waals surface area contributed by atoms with Gasteiger partial charge in [0.15, 0.2) is 0 Å². The van der Waals surface area contributed by atoms with Crippen molar-refractivity contribution in [2.24, 2.45) is 4.99 Å². The molecule has 2 N–H and O–H groups in total. The fourth-order valence-corrected chi connectivity index (χ4v) is 3.52. The zero-order valence-corrected chi connectivity index (χ0v) is 13.1. The van der Waals surface area contributed by atoms with Crippen LogP contribution in [0.25, 0.3) is 0 Å². The minimum atomic E-state index is 0.124. The quantitative estimate of drug-likeness (QED) is 0.875. The minimum Gasteiger partial charge on any atom is -0.368 e. The number of hydrogen-bond donors (Lipinski definition) is 2. The predicted octanol–water partition coefficient (Wildman–Crippen LogP) is 3.18.